The Labute approximate surface area is 249 Å². The van der Waals surface area contributed by atoms with Crippen LogP contribution in [0.1, 0.15) is 32.1 Å². The summed E-state index contributed by atoms with van der Waals surface area (Å²) in [5, 5.41) is 19.7. The fourth-order valence-corrected chi connectivity index (χ4v) is 2.98. The summed E-state index contributed by atoms with van der Waals surface area (Å²) in [7, 11) is 0. The Morgan fingerprint density at radius 1 is 0.465 bits per heavy atom. The third-order valence-corrected chi connectivity index (χ3v) is 5.76. The van der Waals surface area contributed by atoms with Crippen LogP contribution in [0.5, 0.6) is 0 Å². The molecule has 0 saturated heterocycles. The number of esters is 6. The molecule has 0 aliphatic heterocycles. The number of unbranched alkanes of at least 4 members (excludes halogenated alkanes) is 2. The summed E-state index contributed by atoms with van der Waals surface area (Å²) in [5.74, 6) is -4.42. The zero-order chi connectivity index (χ0) is 32.7. The lowest BCUT2D eigenvalue weighted by Crippen LogP contribution is -2.42. The van der Waals surface area contributed by atoms with E-state index in [-0.39, 0.29) is 12.8 Å². The van der Waals surface area contributed by atoms with Crippen LogP contribution < -0.4 is 0 Å². The molecule has 0 aliphatic carbocycles. The molecular formula is C29H40O14. The van der Waals surface area contributed by atoms with Gasteiger partial charge in [0.2, 0.25) is 0 Å². The minimum Gasteiger partial charge on any atom is -0.465 e. The van der Waals surface area contributed by atoms with E-state index in [1.165, 1.54) is 0 Å². The summed E-state index contributed by atoms with van der Waals surface area (Å²) < 4.78 is 30.2. The van der Waals surface area contributed by atoms with Crippen LogP contribution in [-0.4, -0.2) is 98.9 Å². The Kier molecular flexibility index (Phi) is 19.3. The first-order valence-corrected chi connectivity index (χ1v) is 13.1. The number of carbonyl (C=O) groups excluding carboxylic acids is 6. The average Bonchev–Trinajstić information content (AvgIpc) is 3.03. The fourth-order valence-electron chi connectivity index (χ4n) is 2.98. The first kappa shape index (κ1) is 38.7. The van der Waals surface area contributed by atoms with Gasteiger partial charge in [-0.1, -0.05) is 32.7 Å². The van der Waals surface area contributed by atoms with Crippen molar-refractivity contribution in [3.8, 4) is 0 Å². The maximum atomic E-state index is 12.2. The van der Waals surface area contributed by atoms with Gasteiger partial charge < -0.3 is 38.6 Å². The van der Waals surface area contributed by atoms with E-state index in [4.69, 9.17) is 28.4 Å². The van der Waals surface area contributed by atoms with Gasteiger partial charge in [-0.3, -0.25) is 9.59 Å². The molecule has 0 aromatic rings. The van der Waals surface area contributed by atoms with Crippen molar-refractivity contribution < 1.29 is 67.4 Å². The number of aliphatic hydroxyl groups excluding tert-OH is 2. The van der Waals surface area contributed by atoms with Crippen LogP contribution in [0.2, 0.25) is 0 Å². The zero-order valence-electron chi connectivity index (χ0n) is 24.1. The molecule has 14 nitrogen and oxygen atoms in total. The first-order valence-electron chi connectivity index (χ1n) is 13.1. The lowest BCUT2D eigenvalue weighted by molar-refractivity contribution is -0.163. The third kappa shape index (κ3) is 16.7. The zero-order valence-corrected chi connectivity index (χ0v) is 24.1. The van der Waals surface area contributed by atoms with Gasteiger partial charge in [-0.15, -0.1) is 0 Å². The highest BCUT2D eigenvalue weighted by Gasteiger charge is 2.36. The van der Waals surface area contributed by atoms with Gasteiger partial charge in [0, 0.05) is 37.1 Å². The van der Waals surface area contributed by atoms with E-state index in [0.29, 0.717) is 19.3 Å². The van der Waals surface area contributed by atoms with Crippen molar-refractivity contribution in [3.63, 3.8) is 0 Å². The molecule has 0 radical (unpaired) electrons. The highest BCUT2D eigenvalue weighted by atomic mass is 16.6. The second-order valence-corrected chi connectivity index (χ2v) is 9.45. The molecule has 0 rings (SSSR count). The van der Waals surface area contributed by atoms with Gasteiger partial charge >= 0.3 is 35.8 Å². The molecule has 0 heterocycles. The predicted octanol–water partition coefficient (Wildman–Crippen LogP) is 0.898. The Balaban J connectivity index is 4.76. The lowest BCUT2D eigenvalue weighted by atomic mass is 9.92. The quantitative estimate of drug-likeness (QED) is 0.0674. The number of rotatable bonds is 24. The maximum absolute atomic E-state index is 12.2. The van der Waals surface area contributed by atoms with Crippen molar-refractivity contribution in [2.75, 3.05) is 52.9 Å². The van der Waals surface area contributed by atoms with Gasteiger partial charge in [-0.05, 0) is 12.8 Å². The van der Waals surface area contributed by atoms with Crippen LogP contribution >= 0.6 is 0 Å². The number of carbonyl (C=O) groups is 6. The van der Waals surface area contributed by atoms with E-state index < -0.39 is 99.5 Å². The minimum atomic E-state index is -1.41. The smallest absolute Gasteiger partial charge is 0.330 e. The highest BCUT2D eigenvalue weighted by Crippen LogP contribution is 2.21. The normalized spacial score (nSPS) is 10.8. The highest BCUT2D eigenvalue weighted by molar-refractivity contribution is 5.82. The van der Waals surface area contributed by atoms with Gasteiger partial charge in [0.15, 0.2) is 0 Å². The molecule has 0 spiro atoms. The van der Waals surface area contributed by atoms with E-state index in [1.54, 1.807) is 0 Å². The SMILES string of the molecule is C=CC(=O)OCC(CO)(COC(=O)C=C)COC(=O)CCCCCC(=O)OCC(CO)(COC(=O)C=C)COC(=O)C=C. The standard InChI is InChI=1S/C29H40O14/c1-5-22(32)38-16-28(14-30,17-39-23(33)6-2)20-42-26(36)12-10-9-11-13-27(37)43-21-29(15-31,18-40-24(34)7-3)19-41-25(35)8-4/h5-8,30-31H,1-4,9-21H2. The number of hydrogen-bond acceptors (Lipinski definition) is 14. The van der Waals surface area contributed by atoms with E-state index in [9.17, 15) is 39.0 Å². The molecule has 14 heteroatoms. The summed E-state index contributed by atoms with van der Waals surface area (Å²) in [4.78, 5) is 70.3. The Morgan fingerprint density at radius 3 is 0.953 bits per heavy atom. The molecule has 0 saturated carbocycles. The van der Waals surface area contributed by atoms with Crippen LogP contribution in [-0.2, 0) is 57.2 Å². The topological polar surface area (TPSA) is 198 Å². The molecule has 0 bridgehead atoms. The van der Waals surface area contributed by atoms with Crippen molar-refractivity contribution in [2.45, 2.75) is 32.1 Å². The molecule has 240 valence electrons. The average molecular weight is 613 g/mol. The summed E-state index contributed by atoms with van der Waals surface area (Å²) in [5.41, 5.74) is -2.82. The largest absolute Gasteiger partial charge is 0.465 e. The van der Waals surface area contributed by atoms with E-state index in [1.807, 2.05) is 0 Å². The molecule has 0 amide bonds. The molecule has 0 fully saturated rings. The first-order chi connectivity index (χ1) is 20.4. The number of ether oxygens (including phenoxy) is 6. The lowest BCUT2D eigenvalue weighted by Gasteiger charge is -2.29. The van der Waals surface area contributed by atoms with Gasteiger partial charge in [-0.2, -0.15) is 0 Å². The van der Waals surface area contributed by atoms with E-state index >= 15 is 0 Å². The van der Waals surface area contributed by atoms with Gasteiger partial charge in [-0.25, -0.2) is 19.2 Å². The molecule has 2 N–H and O–H groups in total. The number of aliphatic hydroxyl groups is 2. The molecule has 0 aromatic carbocycles. The van der Waals surface area contributed by atoms with Gasteiger partial charge in [0.25, 0.3) is 0 Å². The maximum Gasteiger partial charge on any atom is 0.330 e. The Bertz CT molecular complexity index is 873. The van der Waals surface area contributed by atoms with Gasteiger partial charge in [0.05, 0.1) is 24.0 Å². The molecule has 0 aliphatic rings. The van der Waals surface area contributed by atoms with Crippen molar-refractivity contribution in [2.24, 2.45) is 10.8 Å². The van der Waals surface area contributed by atoms with Crippen molar-refractivity contribution in [1.82, 2.24) is 0 Å². The van der Waals surface area contributed by atoms with Crippen molar-refractivity contribution in [3.05, 3.63) is 50.6 Å². The molecule has 0 unspecified atom stereocenters. The third-order valence-electron chi connectivity index (χ3n) is 5.76. The van der Waals surface area contributed by atoms with Crippen molar-refractivity contribution in [1.29, 1.82) is 0 Å². The molecule has 0 atom stereocenters. The monoisotopic (exact) mass is 612 g/mol. The molecule has 0 aromatic heterocycles. The second-order valence-electron chi connectivity index (χ2n) is 9.45. The summed E-state index contributed by atoms with van der Waals surface area (Å²) in [6, 6.07) is 0. The number of hydrogen-bond donors (Lipinski definition) is 2. The Morgan fingerprint density at radius 2 is 0.721 bits per heavy atom. The van der Waals surface area contributed by atoms with Crippen LogP contribution in [0.3, 0.4) is 0 Å². The van der Waals surface area contributed by atoms with Crippen LogP contribution in [0, 0.1) is 10.8 Å². The van der Waals surface area contributed by atoms with E-state index in [2.05, 4.69) is 26.3 Å². The minimum absolute atomic E-state index is 0.0353. The fraction of sp³-hybridized carbons (Fsp3) is 0.517. The van der Waals surface area contributed by atoms with E-state index in [0.717, 1.165) is 24.3 Å². The molecule has 43 heavy (non-hydrogen) atoms. The predicted molar refractivity (Wildman–Crippen MR) is 149 cm³/mol. The Hall–Kier alpha value is -4.30. The van der Waals surface area contributed by atoms with Crippen molar-refractivity contribution >= 4 is 35.8 Å². The van der Waals surface area contributed by atoms with Crippen LogP contribution in [0.25, 0.3) is 0 Å². The van der Waals surface area contributed by atoms with Crippen LogP contribution in [0.4, 0.5) is 0 Å². The van der Waals surface area contributed by atoms with Crippen LogP contribution in [0.15, 0.2) is 50.6 Å². The molecular weight excluding hydrogens is 572 g/mol. The summed E-state index contributed by atoms with van der Waals surface area (Å²) >= 11 is 0. The van der Waals surface area contributed by atoms with Gasteiger partial charge in [0.1, 0.15) is 39.6 Å². The summed E-state index contributed by atoms with van der Waals surface area (Å²) in [6.45, 7) is 9.29. The summed E-state index contributed by atoms with van der Waals surface area (Å²) in [6.07, 6.45) is 4.67. The second kappa shape index (κ2) is 21.4.